The lowest BCUT2D eigenvalue weighted by molar-refractivity contribution is -0.123. The molecule has 30 heavy (non-hydrogen) atoms. The Morgan fingerprint density at radius 1 is 1.03 bits per heavy atom. The van der Waals surface area contributed by atoms with Crippen LogP contribution < -0.4 is 9.64 Å². The molecule has 0 fully saturated rings. The van der Waals surface area contributed by atoms with Crippen LogP contribution in [0.25, 0.3) is 11.1 Å². The fourth-order valence-electron chi connectivity index (χ4n) is 3.54. The molecule has 3 aromatic rings. The maximum absolute atomic E-state index is 12.8. The van der Waals surface area contributed by atoms with Crippen molar-refractivity contribution in [3.63, 3.8) is 0 Å². The number of fused-ring (bicyclic) bond motifs is 1. The van der Waals surface area contributed by atoms with Crippen LogP contribution in [0.3, 0.4) is 0 Å². The minimum atomic E-state index is -0.977. The summed E-state index contributed by atoms with van der Waals surface area (Å²) in [6.45, 7) is 0.721. The van der Waals surface area contributed by atoms with E-state index in [1.54, 1.807) is 30.2 Å². The van der Waals surface area contributed by atoms with Gasteiger partial charge in [-0.3, -0.25) is 4.79 Å². The van der Waals surface area contributed by atoms with E-state index in [0.29, 0.717) is 13.2 Å². The summed E-state index contributed by atoms with van der Waals surface area (Å²) in [4.78, 5) is 25.9. The summed E-state index contributed by atoms with van der Waals surface area (Å²) < 4.78 is 10.8. The first-order valence-corrected chi connectivity index (χ1v) is 9.53. The monoisotopic (exact) mass is 403 g/mol. The Kier molecular flexibility index (Phi) is 5.50. The van der Waals surface area contributed by atoms with Crippen molar-refractivity contribution in [3.05, 3.63) is 83.4 Å². The van der Waals surface area contributed by atoms with E-state index in [9.17, 15) is 14.7 Å². The number of methoxy groups -OCH3 is 1. The summed E-state index contributed by atoms with van der Waals surface area (Å²) in [6, 6.07) is 20.1. The van der Waals surface area contributed by atoms with Crippen molar-refractivity contribution in [2.75, 3.05) is 18.6 Å². The molecular formula is C24H21NO5. The molecule has 1 amide bonds. The van der Waals surface area contributed by atoms with Crippen molar-refractivity contribution in [3.8, 4) is 16.9 Å². The molecule has 1 aliphatic rings. The van der Waals surface area contributed by atoms with Gasteiger partial charge in [0.2, 0.25) is 0 Å². The summed E-state index contributed by atoms with van der Waals surface area (Å²) >= 11 is 0. The number of carboxylic acids is 1. The number of hydrogen-bond acceptors (Lipinski definition) is 4. The van der Waals surface area contributed by atoms with Crippen LogP contribution in [0.15, 0.2) is 66.7 Å². The van der Waals surface area contributed by atoms with Gasteiger partial charge in [0.1, 0.15) is 12.4 Å². The van der Waals surface area contributed by atoms with Crippen LogP contribution in [0.4, 0.5) is 5.69 Å². The van der Waals surface area contributed by atoms with Gasteiger partial charge in [0.25, 0.3) is 5.91 Å². The summed E-state index contributed by atoms with van der Waals surface area (Å²) in [5.41, 5.74) is 4.43. The maximum atomic E-state index is 12.8. The van der Waals surface area contributed by atoms with E-state index in [2.05, 4.69) is 0 Å². The molecule has 4 rings (SSSR count). The van der Waals surface area contributed by atoms with Gasteiger partial charge in [0.05, 0.1) is 31.5 Å². The van der Waals surface area contributed by atoms with E-state index in [4.69, 9.17) is 9.47 Å². The van der Waals surface area contributed by atoms with Gasteiger partial charge < -0.3 is 19.5 Å². The molecule has 3 aromatic carbocycles. The van der Waals surface area contributed by atoms with Crippen molar-refractivity contribution in [1.29, 1.82) is 0 Å². The molecule has 0 saturated carbocycles. The predicted molar refractivity (Wildman–Crippen MR) is 113 cm³/mol. The zero-order chi connectivity index (χ0) is 21.1. The second kappa shape index (κ2) is 8.39. The third kappa shape index (κ3) is 4.04. The summed E-state index contributed by atoms with van der Waals surface area (Å²) in [5.74, 6) is -0.381. The summed E-state index contributed by atoms with van der Waals surface area (Å²) in [7, 11) is 1.61. The van der Waals surface area contributed by atoms with Crippen LogP contribution in [0.2, 0.25) is 0 Å². The summed E-state index contributed by atoms with van der Waals surface area (Å²) in [5, 5.41) is 9.29. The third-order valence-corrected chi connectivity index (χ3v) is 5.08. The highest BCUT2D eigenvalue weighted by Gasteiger charge is 2.24. The normalized spacial score (nSPS) is 13.5. The van der Waals surface area contributed by atoms with Crippen molar-refractivity contribution in [2.45, 2.75) is 13.2 Å². The molecule has 0 bridgehead atoms. The van der Waals surface area contributed by atoms with E-state index < -0.39 is 5.97 Å². The molecule has 0 unspecified atom stereocenters. The van der Waals surface area contributed by atoms with Gasteiger partial charge >= 0.3 is 5.97 Å². The Labute approximate surface area is 174 Å². The molecule has 0 aromatic heterocycles. The first-order valence-electron chi connectivity index (χ1n) is 9.53. The van der Waals surface area contributed by atoms with Crippen molar-refractivity contribution in [2.24, 2.45) is 0 Å². The standard InChI is InChI=1S/C24H21NO5/c1-29-21-7-2-4-16(10-21)13-25-22-12-18(8-9-20(22)14-30-15-23(25)26)17-5-3-6-19(11-17)24(27)28/h2-12H,13-15H2,1H3,(H,27,28). The highest BCUT2D eigenvalue weighted by atomic mass is 16.5. The number of nitrogens with zero attached hydrogens (tertiary/aromatic N) is 1. The lowest BCUT2D eigenvalue weighted by Crippen LogP contribution is -2.32. The first kappa shape index (κ1) is 19.7. The average Bonchev–Trinajstić information content (AvgIpc) is 2.92. The van der Waals surface area contributed by atoms with Crippen LogP contribution in [-0.4, -0.2) is 30.7 Å². The van der Waals surface area contributed by atoms with Crippen LogP contribution >= 0.6 is 0 Å². The minimum absolute atomic E-state index is 0.00246. The lowest BCUT2D eigenvalue weighted by Gasteiger charge is -2.23. The number of hydrogen-bond donors (Lipinski definition) is 1. The molecule has 6 heteroatoms. The third-order valence-electron chi connectivity index (χ3n) is 5.08. The van der Waals surface area contributed by atoms with Crippen LogP contribution in [0, 0.1) is 0 Å². The minimum Gasteiger partial charge on any atom is -0.497 e. The molecule has 1 aliphatic heterocycles. The van der Waals surface area contributed by atoms with Crippen LogP contribution in [-0.2, 0) is 22.7 Å². The van der Waals surface area contributed by atoms with E-state index in [1.165, 1.54) is 0 Å². The first-order chi connectivity index (χ1) is 14.5. The fourth-order valence-corrected chi connectivity index (χ4v) is 3.54. The Bertz CT molecular complexity index is 1110. The molecule has 1 N–H and O–H groups in total. The van der Waals surface area contributed by atoms with Gasteiger partial charge in [-0.1, -0.05) is 36.4 Å². The SMILES string of the molecule is COc1cccc(CN2C(=O)COCc3ccc(-c4cccc(C(=O)O)c4)cc32)c1. The number of anilines is 1. The van der Waals surface area contributed by atoms with Gasteiger partial charge in [-0.25, -0.2) is 4.79 Å². The largest absolute Gasteiger partial charge is 0.497 e. The quantitative estimate of drug-likeness (QED) is 0.693. The zero-order valence-corrected chi connectivity index (χ0v) is 16.5. The molecule has 0 atom stereocenters. The number of benzene rings is 3. The van der Waals surface area contributed by atoms with Gasteiger partial charge in [0, 0.05) is 5.56 Å². The number of aromatic carboxylic acids is 1. The smallest absolute Gasteiger partial charge is 0.335 e. The topological polar surface area (TPSA) is 76.1 Å². The van der Waals surface area contributed by atoms with Crippen molar-refractivity contribution >= 4 is 17.6 Å². The predicted octanol–water partition coefficient (Wildman–Crippen LogP) is 4.12. The Morgan fingerprint density at radius 3 is 2.63 bits per heavy atom. The van der Waals surface area contributed by atoms with Crippen LogP contribution in [0.5, 0.6) is 5.75 Å². The number of carbonyl (C=O) groups is 2. The molecule has 152 valence electrons. The van der Waals surface area contributed by atoms with Gasteiger partial charge in [-0.2, -0.15) is 0 Å². The van der Waals surface area contributed by atoms with Crippen LogP contribution in [0.1, 0.15) is 21.5 Å². The number of carbonyl (C=O) groups excluding carboxylic acids is 1. The fraction of sp³-hybridized carbons (Fsp3) is 0.167. The highest BCUT2D eigenvalue weighted by Crippen LogP contribution is 2.32. The molecule has 0 saturated heterocycles. The van der Waals surface area contributed by atoms with E-state index in [0.717, 1.165) is 33.7 Å². The highest BCUT2D eigenvalue weighted by molar-refractivity contribution is 5.96. The number of amides is 1. The number of ether oxygens (including phenoxy) is 2. The van der Waals surface area contributed by atoms with Gasteiger partial charge in [-0.05, 0) is 47.0 Å². The zero-order valence-electron chi connectivity index (χ0n) is 16.5. The average molecular weight is 403 g/mol. The maximum Gasteiger partial charge on any atom is 0.335 e. The molecule has 6 nitrogen and oxygen atoms in total. The molecule has 1 heterocycles. The molecule has 0 spiro atoms. The lowest BCUT2D eigenvalue weighted by atomic mass is 10.00. The molecule has 0 aliphatic carbocycles. The van der Waals surface area contributed by atoms with Gasteiger partial charge in [-0.15, -0.1) is 0 Å². The Balaban J connectivity index is 1.75. The Morgan fingerprint density at radius 2 is 1.83 bits per heavy atom. The van der Waals surface area contributed by atoms with E-state index >= 15 is 0 Å². The van der Waals surface area contributed by atoms with E-state index in [-0.39, 0.29) is 18.1 Å². The van der Waals surface area contributed by atoms with Crippen molar-refractivity contribution < 1.29 is 24.2 Å². The molecular weight excluding hydrogens is 382 g/mol. The van der Waals surface area contributed by atoms with Gasteiger partial charge in [0.15, 0.2) is 0 Å². The number of rotatable bonds is 5. The van der Waals surface area contributed by atoms with Crippen molar-refractivity contribution in [1.82, 2.24) is 0 Å². The Hall–Kier alpha value is -3.64. The number of carboxylic acid groups (broad SMARTS) is 1. The summed E-state index contributed by atoms with van der Waals surface area (Å²) in [6.07, 6.45) is 0. The molecule has 0 radical (unpaired) electrons. The van der Waals surface area contributed by atoms with E-state index in [1.807, 2.05) is 48.5 Å². The second-order valence-corrected chi connectivity index (χ2v) is 7.05. The second-order valence-electron chi connectivity index (χ2n) is 7.05.